The zero-order valence-electron chi connectivity index (χ0n) is 14.4. The normalized spacial score (nSPS) is 10.1. The van der Waals surface area contributed by atoms with Gasteiger partial charge in [0.15, 0.2) is 0 Å². The van der Waals surface area contributed by atoms with Gasteiger partial charge in [-0.1, -0.05) is 18.2 Å². The third-order valence-electron chi connectivity index (χ3n) is 3.70. The lowest BCUT2D eigenvalue weighted by Gasteiger charge is -2.11. The highest BCUT2D eigenvalue weighted by molar-refractivity contribution is 6.03. The quantitative estimate of drug-likeness (QED) is 0.802. The Labute approximate surface area is 149 Å². The van der Waals surface area contributed by atoms with E-state index in [1.54, 1.807) is 18.2 Å². The molecule has 0 aliphatic carbocycles. The molecule has 26 heavy (non-hydrogen) atoms. The molecule has 1 amide bonds. The van der Waals surface area contributed by atoms with Crippen molar-refractivity contribution in [3.05, 3.63) is 65.0 Å². The Bertz CT molecular complexity index is 834. The summed E-state index contributed by atoms with van der Waals surface area (Å²) in [6.07, 6.45) is 0.201. The van der Waals surface area contributed by atoms with Crippen molar-refractivity contribution in [1.82, 2.24) is 0 Å². The summed E-state index contributed by atoms with van der Waals surface area (Å²) in [6.45, 7) is 0. The summed E-state index contributed by atoms with van der Waals surface area (Å²) in [5.74, 6) is -2.09. The van der Waals surface area contributed by atoms with Crippen LogP contribution in [0.5, 0.6) is 0 Å². The van der Waals surface area contributed by atoms with Crippen LogP contribution in [0.1, 0.15) is 32.7 Å². The summed E-state index contributed by atoms with van der Waals surface area (Å²) >= 11 is 0. The second kappa shape index (κ2) is 8.75. The molecule has 2 rings (SSSR count). The van der Waals surface area contributed by atoms with Gasteiger partial charge < -0.3 is 14.8 Å². The van der Waals surface area contributed by atoms with E-state index in [-0.39, 0.29) is 35.5 Å². The number of methoxy groups -OCH3 is 2. The predicted molar refractivity (Wildman–Crippen MR) is 92.5 cm³/mol. The first kappa shape index (κ1) is 19.1. The zero-order chi connectivity index (χ0) is 19.1. The van der Waals surface area contributed by atoms with Crippen molar-refractivity contribution in [2.45, 2.75) is 12.8 Å². The first-order chi connectivity index (χ1) is 12.5. The van der Waals surface area contributed by atoms with Crippen molar-refractivity contribution in [2.24, 2.45) is 0 Å². The number of halogens is 1. The van der Waals surface area contributed by atoms with Gasteiger partial charge in [-0.05, 0) is 36.2 Å². The van der Waals surface area contributed by atoms with E-state index in [0.29, 0.717) is 5.56 Å². The number of benzene rings is 2. The van der Waals surface area contributed by atoms with Crippen LogP contribution in [0.25, 0.3) is 0 Å². The standard InChI is InChI=1S/C19H18FNO5/c1-25-18(23)13-7-9-14(19(24)26-2)16(11-13)21-17(22)10-8-12-5-3-4-6-15(12)20/h3-7,9,11H,8,10H2,1-2H3,(H,21,22). The van der Waals surface area contributed by atoms with Crippen molar-refractivity contribution in [3.8, 4) is 0 Å². The smallest absolute Gasteiger partial charge is 0.339 e. The number of anilines is 1. The molecule has 0 unspecified atom stereocenters. The van der Waals surface area contributed by atoms with Gasteiger partial charge in [0.25, 0.3) is 0 Å². The van der Waals surface area contributed by atoms with Crippen molar-refractivity contribution in [3.63, 3.8) is 0 Å². The van der Waals surface area contributed by atoms with Crippen LogP contribution in [0.15, 0.2) is 42.5 Å². The first-order valence-electron chi connectivity index (χ1n) is 7.80. The molecule has 0 bridgehead atoms. The van der Waals surface area contributed by atoms with Gasteiger partial charge in [0.05, 0.1) is 31.0 Å². The van der Waals surface area contributed by atoms with Gasteiger partial charge >= 0.3 is 11.9 Å². The number of amides is 1. The zero-order valence-corrected chi connectivity index (χ0v) is 14.4. The van der Waals surface area contributed by atoms with Gasteiger partial charge in [0, 0.05) is 6.42 Å². The minimum Gasteiger partial charge on any atom is -0.465 e. The number of carbonyl (C=O) groups excluding carboxylic acids is 3. The summed E-state index contributed by atoms with van der Waals surface area (Å²) in [5, 5.41) is 2.56. The molecule has 136 valence electrons. The molecule has 0 radical (unpaired) electrons. The molecule has 0 saturated carbocycles. The number of nitrogens with one attached hydrogen (secondary N) is 1. The van der Waals surface area contributed by atoms with Crippen molar-refractivity contribution < 1.29 is 28.2 Å². The van der Waals surface area contributed by atoms with Crippen LogP contribution in [-0.2, 0) is 20.7 Å². The number of rotatable bonds is 6. The van der Waals surface area contributed by atoms with Gasteiger partial charge in [-0.2, -0.15) is 0 Å². The molecule has 0 spiro atoms. The maximum atomic E-state index is 13.6. The van der Waals surface area contributed by atoms with Crippen LogP contribution >= 0.6 is 0 Å². The van der Waals surface area contributed by atoms with E-state index in [0.717, 1.165) is 0 Å². The van der Waals surface area contributed by atoms with Crippen molar-refractivity contribution >= 4 is 23.5 Å². The Morgan fingerprint density at radius 3 is 2.35 bits per heavy atom. The third kappa shape index (κ3) is 4.66. The highest BCUT2D eigenvalue weighted by Crippen LogP contribution is 2.20. The maximum Gasteiger partial charge on any atom is 0.339 e. The summed E-state index contributed by atoms with van der Waals surface area (Å²) in [7, 11) is 2.43. The van der Waals surface area contributed by atoms with Crippen LogP contribution in [0, 0.1) is 5.82 Å². The summed E-state index contributed by atoms with van der Waals surface area (Å²) in [4.78, 5) is 35.7. The molecule has 2 aromatic rings. The number of ether oxygens (including phenoxy) is 2. The fraction of sp³-hybridized carbons (Fsp3) is 0.211. The van der Waals surface area contributed by atoms with Gasteiger partial charge in [-0.3, -0.25) is 4.79 Å². The molecule has 1 N–H and O–H groups in total. The fourth-order valence-electron chi connectivity index (χ4n) is 2.34. The highest BCUT2D eigenvalue weighted by atomic mass is 19.1. The molecule has 2 aromatic carbocycles. The SMILES string of the molecule is COC(=O)c1ccc(C(=O)OC)c(NC(=O)CCc2ccccc2F)c1. The van der Waals surface area contributed by atoms with Gasteiger partial charge in [-0.15, -0.1) is 0 Å². The average molecular weight is 359 g/mol. The number of hydrogen-bond donors (Lipinski definition) is 1. The van der Waals surface area contributed by atoms with Crippen LogP contribution < -0.4 is 5.32 Å². The minimum absolute atomic E-state index is 0.00397. The van der Waals surface area contributed by atoms with E-state index in [4.69, 9.17) is 0 Å². The molecule has 0 aliphatic rings. The molecule has 0 atom stereocenters. The lowest BCUT2D eigenvalue weighted by molar-refractivity contribution is -0.116. The van der Waals surface area contributed by atoms with E-state index in [9.17, 15) is 18.8 Å². The Balaban J connectivity index is 2.17. The predicted octanol–water partition coefficient (Wildman–Crippen LogP) is 2.97. The molecule has 0 aromatic heterocycles. The monoisotopic (exact) mass is 359 g/mol. The number of hydrogen-bond acceptors (Lipinski definition) is 5. The number of esters is 2. The minimum atomic E-state index is -0.661. The molecular formula is C19H18FNO5. The largest absolute Gasteiger partial charge is 0.465 e. The summed E-state index contributed by atoms with van der Waals surface area (Å²) in [5.41, 5.74) is 0.807. The highest BCUT2D eigenvalue weighted by Gasteiger charge is 2.17. The second-order valence-corrected chi connectivity index (χ2v) is 5.38. The molecule has 0 saturated heterocycles. The Hall–Kier alpha value is -3.22. The molecule has 6 nitrogen and oxygen atoms in total. The van der Waals surface area contributed by atoms with Gasteiger partial charge in [0.2, 0.25) is 5.91 Å². The Morgan fingerprint density at radius 1 is 1.00 bits per heavy atom. The van der Waals surface area contributed by atoms with E-state index in [1.165, 1.54) is 38.5 Å². The molecule has 0 fully saturated rings. The molecule has 0 aliphatic heterocycles. The van der Waals surface area contributed by atoms with Gasteiger partial charge in [0.1, 0.15) is 5.82 Å². The van der Waals surface area contributed by atoms with Crippen LogP contribution in [-0.4, -0.2) is 32.1 Å². The Kier molecular flexibility index (Phi) is 6.43. The van der Waals surface area contributed by atoms with E-state index < -0.39 is 17.8 Å². The fourth-order valence-corrected chi connectivity index (χ4v) is 2.34. The first-order valence-corrected chi connectivity index (χ1v) is 7.80. The topological polar surface area (TPSA) is 81.7 Å². The number of aryl methyl sites for hydroxylation is 1. The van der Waals surface area contributed by atoms with E-state index >= 15 is 0 Å². The van der Waals surface area contributed by atoms with Crippen LogP contribution in [0.3, 0.4) is 0 Å². The summed E-state index contributed by atoms with van der Waals surface area (Å²) < 4.78 is 22.9. The lowest BCUT2D eigenvalue weighted by atomic mass is 10.1. The van der Waals surface area contributed by atoms with Crippen LogP contribution in [0.2, 0.25) is 0 Å². The third-order valence-corrected chi connectivity index (χ3v) is 3.70. The van der Waals surface area contributed by atoms with Gasteiger partial charge in [-0.25, -0.2) is 14.0 Å². The van der Waals surface area contributed by atoms with Crippen LogP contribution in [0.4, 0.5) is 10.1 Å². The second-order valence-electron chi connectivity index (χ2n) is 5.38. The van der Waals surface area contributed by atoms with Crippen molar-refractivity contribution in [1.29, 1.82) is 0 Å². The average Bonchev–Trinajstić information content (AvgIpc) is 2.66. The molecular weight excluding hydrogens is 341 g/mol. The maximum absolute atomic E-state index is 13.6. The number of carbonyl (C=O) groups is 3. The lowest BCUT2D eigenvalue weighted by Crippen LogP contribution is -2.17. The summed E-state index contributed by atoms with van der Waals surface area (Å²) in [6, 6.07) is 10.3. The molecule has 0 heterocycles. The molecule has 7 heteroatoms. The van der Waals surface area contributed by atoms with Crippen molar-refractivity contribution in [2.75, 3.05) is 19.5 Å². The Morgan fingerprint density at radius 2 is 1.69 bits per heavy atom. The van der Waals surface area contributed by atoms with E-state index in [2.05, 4.69) is 14.8 Å². The van der Waals surface area contributed by atoms with E-state index in [1.807, 2.05) is 0 Å².